The van der Waals surface area contributed by atoms with Gasteiger partial charge in [0.15, 0.2) is 0 Å². The van der Waals surface area contributed by atoms with Gasteiger partial charge in [-0.05, 0) is 42.8 Å². The smallest absolute Gasteiger partial charge is 0.348 e. The van der Waals surface area contributed by atoms with Crippen molar-refractivity contribution < 1.29 is 26.4 Å². The molecule has 2 fully saturated rings. The zero-order valence-corrected chi connectivity index (χ0v) is 17.3. The van der Waals surface area contributed by atoms with Crippen molar-refractivity contribution in [3.63, 3.8) is 0 Å². The lowest BCUT2D eigenvalue weighted by Crippen LogP contribution is -2.47. The highest BCUT2D eigenvalue weighted by Crippen LogP contribution is 2.31. The average molecular weight is 453 g/mol. The molecular formula is C21H22F3N3O3S. The topological polar surface area (TPSA) is 78.5 Å². The van der Waals surface area contributed by atoms with Crippen LogP contribution < -0.4 is 10.6 Å². The quantitative estimate of drug-likeness (QED) is 0.743. The van der Waals surface area contributed by atoms with Crippen LogP contribution in [-0.2, 0) is 16.0 Å². The molecule has 2 N–H and O–H groups in total. The van der Waals surface area contributed by atoms with Gasteiger partial charge in [-0.3, -0.25) is 9.69 Å². The number of fused-ring (bicyclic) bond motifs is 1. The van der Waals surface area contributed by atoms with Crippen LogP contribution in [0.25, 0.3) is 0 Å². The van der Waals surface area contributed by atoms with Gasteiger partial charge in [0.1, 0.15) is 0 Å². The van der Waals surface area contributed by atoms with Crippen molar-refractivity contribution in [2.24, 2.45) is 0 Å². The van der Waals surface area contributed by atoms with Gasteiger partial charge >= 0.3 is 6.18 Å². The Bertz CT molecular complexity index is 1060. The van der Waals surface area contributed by atoms with Crippen molar-refractivity contribution >= 4 is 15.7 Å². The van der Waals surface area contributed by atoms with Crippen LogP contribution in [0, 0.1) is 0 Å². The number of piperazine rings is 1. The van der Waals surface area contributed by atoms with E-state index in [1.54, 1.807) is 6.07 Å². The molecule has 31 heavy (non-hydrogen) atoms. The van der Waals surface area contributed by atoms with Gasteiger partial charge < -0.3 is 10.6 Å². The summed E-state index contributed by atoms with van der Waals surface area (Å²) in [6, 6.07) is 9.25. The highest BCUT2D eigenvalue weighted by Gasteiger charge is 2.35. The van der Waals surface area contributed by atoms with Gasteiger partial charge in [0.2, 0.25) is 9.84 Å². The molecule has 2 saturated heterocycles. The maximum absolute atomic E-state index is 13.1. The van der Waals surface area contributed by atoms with Gasteiger partial charge in [-0.15, -0.1) is 0 Å². The summed E-state index contributed by atoms with van der Waals surface area (Å²) >= 11 is 0. The number of sulfone groups is 1. The van der Waals surface area contributed by atoms with E-state index in [0.717, 1.165) is 50.3 Å². The molecule has 2 aliphatic rings. The summed E-state index contributed by atoms with van der Waals surface area (Å²) in [6.45, 7) is 3.35. The Morgan fingerprint density at radius 1 is 1.10 bits per heavy atom. The van der Waals surface area contributed by atoms with Crippen molar-refractivity contribution in [1.82, 2.24) is 15.5 Å². The number of carbonyl (C=O) groups is 1. The van der Waals surface area contributed by atoms with E-state index in [0.29, 0.717) is 12.6 Å². The SMILES string of the molecule is O=C(NC1CC2CNCCN2C1)c1ccccc1S(=O)(=O)c1ccc(C(F)(F)F)cc1. The highest BCUT2D eigenvalue weighted by molar-refractivity contribution is 7.91. The lowest BCUT2D eigenvalue weighted by atomic mass is 10.1. The maximum atomic E-state index is 13.1. The molecule has 4 rings (SSSR count). The number of nitrogens with one attached hydrogen (secondary N) is 2. The minimum absolute atomic E-state index is 0.0228. The standard InChI is InChI=1S/C21H22F3N3O3S/c22-21(23,24)14-5-7-17(8-6-14)31(29,30)19-4-2-1-3-18(19)20(28)26-15-11-16-12-25-9-10-27(16)13-15/h1-8,15-16,25H,9-13H2,(H,26,28). The third-order valence-corrected chi connectivity index (χ3v) is 7.56. The summed E-state index contributed by atoms with van der Waals surface area (Å²) < 4.78 is 64.6. The first kappa shape index (κ1) is 21.8. The number of hydrogen-bond donors (Lipinski definition) is 2. The van der Waals surface area contributed by atoms with Crippen LogP contribution >= 0.6 is 0 Å². The van der Waals surface area contributed by atoms with Crippen LogP contribution in [0.4, 0.5) is 13.2 Å². The van der Waals surface area contributed by atoms with Crippen LogP contribution in [0.15, 0.2) is 58.3 Å². The first-order valence-corrected chi connectivity index (χ1v) is 11.4. The Balaban J connectivity index is 1.57. The molecule has 0 aromatic heterocycles. The number of halogens is 3. The Kier molecular flexibility index (Phi) is 5.80. The van der Waals surface area contributed by atoms with Gasteiger partial charge in [0.05, 0.1) is 20.9 Å². The van der Waals surface area contributed by atoms with Crippen molar-refractivity contribution in [3.05, 3.63) is 59.7 Å². The van der Waals surface area contributed by atoms with Crippen molar-refractivity contribution in [2.75, 3.05) is 26.2 Å². The maximum Gasteiger partial charge on any atom is 0.416 e. The Morgan fingerprint density at radius 2 is 1.81 bits per heavy atom. The molecule has 6 nitrogen and oxygen atoms in total. The number of rotatable bonds is 4. The average Bonchev–Trinajstić information content (AvgIpc) is 3.15. The fourth-order valence-electron chi connectivity index (χ4n) is 4.17. The largest absolute Gasteiger partial charge is 0.416 e. The first-order valence-electron chi connectivity index (χ1n) is 9.93. The van der Waals surface area contributed by atoms with Crippen LogP contribution in [0.1, 0.15) is 22.3 Å². The molecule has 0 spiro atoms. The molecule has 0 aliphatic carbocycles. The molecule has 166 valence electrons. The van der Waals surface area contributed by atoms with Crippen molar-refractivity contribution in [3.8, 4) is 0 Å². The molecule has 1 amide bonds. The normalized spacial score (nSPS) is 22.2. The first-order chi connectivity index (χ1) is 14.7. The minimum atomic E-state index is -4.57. The summed E-state index contributed by atoms with van der Waals surface area (Å²) in [5.74, 6) is -0.510. The van der Waals surface area contributed by atoms with Gasteiger partial charge in [-0.1, -0.05) is 12.1 Å². The second-order valence-corrected chi connectivity index (χ2v) is 9.70. The van der Waals surface area contributed by atoms with E-state index in [-0.39, 0.29) is 21.4 Å². The fraction of sp³-hybridized carbons (Fsp3) is 0.381. The van der Waals surface area contributed by atoms with E-state index in [9.17, 15) is 26.4 Å². The molecule has 2 aliphatic heterocycles. The van der Waals surface area contributed by atoms with E-state index in [2.05, 4.69) is 15.5 Å². The van der Waals surface area contributed by atoms with E-state index < -0.39 is 27.5 Å². The second-order valence-electron chi connectivity index (χ2n) is 7.78. The molecule has 10 heteroatoms. The number of amides is 1. The Hall–Kier alpha value is -2.43. The summed E-state index contributed by atoms with van der Waals surface area (Å²) in [7, 11) is -4.18. The van der Waals surface area contributed by atoms with Crippen LogP contribution in [0.2, 0.25) is 0 Å². The molecule has 2 heterocycles. The predicted octanol–water partition coefficient (Wildman–Crippen LogP) is 2.31. The molecule has 2 aromatic rings. The van der Waals surface area contributed by atoms with Crippen LogP contribution in [0.5, 0.6) is 0 Å². The van der Waals surface area contributed by atoms with Gasteiger partial charge in [0, 0.05) is 38.3 Å². The lowest BCUT2D eigenvalue weighted by Gasteiger charge is -2.29. The molecular weight excluding hydrogens is 431 g/mol. The van der Waals surface area contributed by atoms with E-state index >= 15 is 0 Å². The second kappa shape index (κ2) is 8.25. The molecule has 0 radical (unpaired) electrons. The van der Waals surface area contributed by atoms with Gasteiger partial charge in [0.25, 0.3) is 5.91 Å². The monoisotopic (exact) mass is 453 g/mol. The number of nitrogens with zero attached hydrogens (tertiary/aromatic N) is 1. The molecule has 2 aromatic carbocycles. The highest BCUT2D eigenvalue weighted by atomic mass is 32.2. The number of benzene rings is 2. The molecule has 2 unspecified atom stereocenters. The predicted molar refractivity (Wildman–Crippen MR) is 107 cm³/mol. The van der Waals surface area contributed by atoms with E-state index in [1.807, 2.05) is 0 Å². The molecule has 0 saturated carbocycles. The van der Waals surface area contributed by atoms with Crippen LogP contribution in [0.3, 0.4) is 0 Å². The van der Waals surface area contributed by atoms with E-state index in [1.165, 1.54) is 18.2 Å². The van der Waals surface area contributed by atoms with Crippen molar-refractivity contribution in [1.29, 1.82) is 0 Å². The number of carbonyl (C=O) groups excluding carboxylic acids is 1. The summed E-state index contributed by atoms with van der Waals surface area (Å²) in [5, 5.41) is 6.24. The Labute approximate surface area is 178 Å². The Morgan fingerprint density at radius 3 is 2.48 bits per heavy atom. The minimum Gasteiger partial charge on any atom is -0.348 e. The lowest BCUT2D eigenvalue weighted by molar-refractivity contribution is -0.137. The third-order valence-electron chi connectivity index (χ3n) is 5.73. The molecule has 0 bridgehead atoms. The number of alkyl halides is 3. The zero-order chi connectivity index (χ0) is 22.2. The zero-order valence-electron chi connectivity index (χ0n) is 16.5. The van der Waals surface area contributed by atoms with E-state index in [4.69, 9.17) is 0 Å². The molecule has 2 atom stereocenters. The van der Waals surface area contributed by atoms with Crippen LogP contribution in [-0.4, -0.2) is 57.5 Å². The van der Waals surface area contributed by atoms with Gasteiger partial charge in [-0.2, -0.15) is 13.2 Å². The number of hydrogen-bond acceptors (Lipinski definition) is 5. The van der Waals surface area contributed by atoms with Crippen molar-refractivity contribution in [2.45, 2.75) is 34.5 Å². The summed E-state index contributed by atoms with van der Waals surface area (Å²) in [4.78, 5) is 14.7. The van der Waals surface area contributed by atoms with Gasteiger partial charge in [-0.25, -0.2) is 8.42 Å². The third kappa shape index (κ3) is 4.46. The summed E-state index contributed by atoms with van der Waals surface area (Å²) in [6.07, 6.45) is -3.79. The fourth-order valence-corrected chi connectivity index (χ4v) is 5.62. The summed E-state index contributed by atoms with van der Waals surface area (Å²) in [5.41, 5.74) is -0.963.